The van der Waals surface area contributed by atoms with Gasteiger partial charge in [-0.1, -0.05) is 29.6 Å². The number of hydrogen-bond donors (Lipinski definition) is 0. The Balaban J connectivity index is 1.94. The van der Waals surface area contributed by atoms with Gasteiger partial charge in [0.25, 0.3) is 0 Å². The molecule has 0 amide bonds. The maximum absolute atomic E-state index is 6.13. The summed E-state index contributed by atoms with van der Waals surface area (Å²) < 4.78 is 11.3. The van der Waals surface area contributed by atoms with Gasteiger partial charge < -0.3 is 9.26 Å². The third kappa shape index (κ3) is 2.53. The standard InChI is InChI=1S/C14H13O2PS2/c1-15-12-6-8-13(9-7-12)17(18)16-14-5-3-2-4-11(14)10-19-17/h2-9H,10H2,1H3/t17-/m1/s1. The molecule has 98 valence electrons. The highest BCUT2D eigenvalue weighted by Gasteiger charge is 2.28. The van der Waals surface area contributed by atoms with E-state index in [1.165, 1.54) is 5.56 Å². The van der Waals surface area contributed by atoms with Crippen molar-refractivity contribution in [3.63, 3.8) is 0 Å². The van der Waals surface area contributed by atoms with Crippen molar-refractivity contribution >= 4 is 34.0 Å². The van der Waals surface area contributed by atoms with Crippen molar-refractivity contribution in [2.45, 2.75) is 5.75 Å². The van der Waals surface area contributed by atoms with Gasteiger partial charge in [-0.2, -0.15) is 0 Å². The molecule has 5 heteroatoms. The Morgan fingerprint density at radius 1 is 1.16 bits per heavy atom. The van der Waals surface area contributed by atoms with Crippen molar-refractivity contribution < 1.29 is 9.26 Å². The summed E-state index contributed by atoms with van der Waals surface area (Å²) >= 11 is 7.52. The second-order valence-corrected chi connectivity index (χ2v) is 11.0. The number of ether oxygens (including phenoxy) is 1. The van der Waals surface area contributed by atoms with Crippen molar-refractivity contribution in [1.29, 1.82) is 0 Å². The van der Waals surface area contributed by atoms with Crippen LogP contribution in [0.4, 0.5) is 0 Å². The molecule has 0 saturated heterocycles. The van der Waals surface area contributed by atoms with E-state index in [2.05, 4.69) is 6.07 Å². The van der Waals surface area contributed by atoms with E-state index in [1.54, 1.807) is 18.5 Å². The lowest BCUT2D eigenvalue weighted by atomic mass is 10.2. The molecule has 3 rings (SSSR count). The Labute approximate surface area is 122 Å². The first-order chi connectivity index (χ1) is 9.21. The molecular weight excluding hydrogens is 295 g/mol. The van der Waals surface area contributed by atoms with Crippen LogP contribution in [-0.2, 0) is 17.6 Å². The Morgan fingerprint density at radius 3 is 2.63 bits per heavy atom. The molecule has 2 aromatic rings. The lowest BCUT2D eigenvalue weighted by Crippen LogP contribution is -2.10. The van der Waals surface area contributed by atoms with Gasteiger partial charge >= 0.3 is 0 Å². The van der Waals surface area contributed by atoms with E-state index in [0.717, 1.165) is 22.6 Å². The molecule has 1 aliphatic rings. The molecule has 0 unspecified atom stereocenters. The third-order valence-electron chi connectivity index (χ3n) is 2.97. The fourth-order valence-corrected chi connectivity index (χ4v) is 6.94. The van der Waals surface area contributed by atoms with Gasteiger partial charge in [-0.25, -0.2) is 0 Å². The maximum Gasteiger partial charge on any atom is 0.196 e. The molecule has 2 aromatic carbocycles. The van der Waals surface area contributed by atoms with E-state index >= 15 is 0 Å². The van der Waals surface area contributed by atoms with Gasteiger partial charge in [0.15, 0.2) is 5.47 Å². The van der Waals surface area contributed by atoms with Crippen LogP contribution in [0.25, 0.3) is 0 Å². The molecule has 0 spiro atoms. The molecule has 1 heterocycles. The zero-order valence-electron chi connectivity index (χ0n) is 10.4. The number of benzene rings is 2. The lowest BCUT2D eigenvalue weighted by Gasteiger charge is -2.28. The number of hydrogen-bond acceptors (Lipinski definition) is 4. The van der Waals surface area contributed by atoms with E-state index < -0.39 is 5.47 Å². The molecule has 1 aliphatic heterocycles. The van der Waals surface area contributed by atoms with Crippen molar-refractivity contribution in [2.75, 3.05) is 7.11 Å². The van der Waals surface area contributed by atoms with Gasteiger partial charge in [-0.05, 0) is 42.1 Å². The maximum atomic E-state index is 6.13. The van der Waals surface area contributed by atoms with Gasteiger partial charge in [-0.15, -0.1) is 0 Å². The smallest absolute Gasteiger partial charge is 0.196 e. The molecule has 0 saturated carbocycles. The molecule has 0 fully saturated rings. The van der Waals surface area contributed by atoms with Gasteiger partial charge in [0.2, 0.25) is 0 Å². The average Bonchev–Trinajstić information content (AvgIpc) is 2.47. The number of rotatable bonds is 2. The Bertz CT molecular complexity index is 640. The molecule has 0 radical (unpaired) electrons. The van der Waals surface area contributed by atoms with Gasteiger partial charge in [-0.3, -0.25) is 0 Å². The molecule has 1 atom stereocenters. The minimum Gasteiger partial charge on any atom is -0.497 e. The zero-order chi connectivity index (χ0) is 13.3. The lowest BCUT2D eigenvalue weighted by molar-refractivity contribution is 0.415. The fourth-order valence-electron chi connectivity index (χ4n) is 1.91. The predicted octanol–water partition coefficient (Wildman–Crippen LogP) is 3.96. The van der Waals surface area contributed by atoms with E-state index in [1.807, 2.05) is 42.5 Å². The molecular formula is C14H13O2PS2. The summed E-state index contributed by atoms with van der Waals surface area (Å²) in [6, 6.07) is 16.0. The van der Waals surface area contributed by atoms with Gasteiger partial charge in [0.1, 0.15) is 11.5 Å². The van der Waals surface area contributed by atoms with Crippen LogP contribution in [0.3, 0.4) is 0 Å². The number of methoxy groups -OCH3 is 1. The highest BCUT2D eigenvalue weighted by atomic mass is 32.9. The van der Waals surface area contributed by atoms with Crippen LogP contribution in [0.5, 0.6) is 11.5 Å². The summed E-state index contributed by atoms with van der Waals surface area (Å²) in [6.07, 6.45) is 0. The third-order valence-corrected chi connectivity index (χ3v) is 9.19. The summed E-state index contributed by atoms with van der Waals surface area (Å²) in [5, 5.41) is 1.09. The molecule has 0 N–H and O–H groups in total. The summed E-state index contributed by atoms with van der Waals surface area (Å²) in [7, 11) is 1.66. The summed E-state index contributed by atoms with van der Waals surface area (Å²) in [4.78, 5) is 0. The first kappa shape index (κ1) is 13.0. The van der Waals surface area contributed by atoms with Crippen molar-refractivity contribution in [1.82, 2.24) is 0 Å². The second-order valence-electron chi connectivity index (χ2n) is 4.17. The molecule has 0 aromatic heterocycles. The van der Waals surface area contributed by atoms with Gasteiger partial charge in [0.05, 0.1) is 7.11 Å². The summed E-state index contributed by atoms with van der Waals surface area (Å²) in [5.74, 6) is 2.69. The van der Waals surface area contributed by atoms with E-state index in [9.17, 15) is 0 Å². The minimum atomic E-state index is -2.03. The van der Waals surface area contributed by atoms with Crippen LogP contribution in [0.15, 0.2) is 48.5 Å². The van der Waals surface area contributed by atoms with Crippen LogP contribution in [0.2, 0.25) is 0 Å². The van der Waals surface area contributed by atoms with Crippen LogP contribution >= 0.6 is 16.8 Å². The Kier molecular flexibility index (Phi) is 3.57. The topological polar surface area (TPSA) is 18.5 Å². The van der Waals surface area contributed by atoms with E-state index in [-0.39, 0.29) is 0 Å². The first-order valence-electron chi connectivity index (χ1n) is 5.88. The van der Waals surface area contributed by atoms with Crippen molar-refractivity contribution in [2.24, 2.45) is 0 Å². The van der Waals surface area contributed by atoms with Crippen LogP contribution in [0, 0.1) is 0 Å². The highest BCUT2D eigenvalue weighted by Crippen LogP contribution is 2.63. The fraction of sp³-hybridized carbons (Fsp3) is 0.143. The van der Waals surface area contributed by atoms with E-state index in [0.29, 0.717) is 0 Å². The van der Waals surface area contributed by atoms with Crippen molar-refractivity contribution in [3.05, 3.63) is 54.1 Å². The number of fused-ring (bicyclic) bond motifs is 1. The number of para-hydroxylation sites is 1. The Hall–Kier alpha value is -0.960. The minimum absolute atomic E-state index is 0.841. The largest absolute Gasteiger partial charge is 0.497 e. The average molecular weight is 308 g/mol. The summed E-state index contributed by atoms with van der Waals surface area (Å²) in [6.45, 7) is 0. The molecule has 2 nitrogen and oxygen atoms in total. The quantitative estimate of drug-likeness (QED) is 0.782. The van der Waals surface area contributed by atoms with Crippen LogP contribution in [0.1, 0.15) is 5.56 Å². The zero-order valence-corrected chi connectivity index (χ0v) is 12.9. The highest BCUT2D eigenvalue weighted by molar-refractivity contribution is 8.71. The van der Waals surface area contributed by atoms with E-state index in [4.69, 9.17) is 21.1 Å². The molecule has 0 aliphatic carbocycles. The van der Waals surface area contributed by atoms with Crippen LogP contribution < -0.4 is 14.6 Å². The molecule has 19 heavy (non-hydrogen) atoms. The predicted molar refractivity (Wildman–Crippen MR) is 85.3 cm³/mol. The monoisotopic (exact) mass is 308 g/mol. The second kappa shape index (κ2) is 5.20. The SMILES string of the molecule is COc1ccc([P@]2(=S)Oc3ccccc3CS2)cc1. The van der Waals surface area contributed by atoms with Crippen molar-refractivity contribution in [3.8, 4) is 11.5 Å². The normalized spacial score (nSPS) is 21.3. The summed E-state index contributed by atoms with van der Waals surface area (Å²) in [5.41, 5.74) is -0.810. The first-order valence-corrected chi connectivity index (χ1v) is 10.2. The van der Waals surface area contributed by atoms with Gasteiger partial charge in [0, 0.05) is 16.6 Å². The van der Waals surface area contributed by atoms with Crippen LogP contribution in [-0.4, -0.2) is 7.11 Å². The Morgan fingerprint density at radius 2 is 1.89 bits per heavy atom. The molecule has 0 bridgehead atoms.